The third-order valence-corrected chi connectivity index (χ3v) is 4.10. The van der Waals surface area contributed by atoms with Crippen LogP contribution in [0.25, 0.3) is 0 Å². The van der Waals surface area contributed by atoms with Gasteiger partial charge in [0.1, 0.15) is 11.5 Å². The van der Waals surface area contributed by atoms with E-state index in [2.05, 4.69) is 20.8 Å². The fraction of sp³-hybridized carbons (Fsp3) is 0.421. The molecule has 0 atom stereocenters. The van der Waals surface area contributed by atoms with Gasteiger partial charge in [0.2, 0.25) is 5.91 Å². The van der Waals surface area contributed by atoms with Crippen LogP contribution >= 0.6 is 0 Å². The quantitative estimate of drug-likeness (QED) is 0.566. The average Bonchev–Trinajstić information content (AvgIpc) is 2.99. The molecule has 0 saturated heterocycles. The molecule has 0 aliphatic rings. The van der Waals surface area contributed by atoms with Gasteiger partial charge in [0.05, 0.1) is 25.9 Å². The van der Waals surface area contributed by atoms with Crippen molar-refractivity contribution in [2.75, 3.05) is 27.7 Å². The maximum Gasteiger partial charge on any atom is 0.241 e. The van der Waals surface area contributed by atoms with E-state index in [9.17, 15) is 4.79 Å². The van der Waals surface area contributed by atoms with Crippen LogP contribution < -0.4 is 15.4 Å². The summed E-state index contributed by atoms with van der Waals surface area (Å²) in [7, 11) is 5.07. The third kappa shape index (κ3) is 6.02. The SMILES string of the molecule is COc1ccc(CN=C(NCC(=O)N(C)C)NCc2c(C)noc2C)cc1. The predicted octanol–water partition coefficient (Wildman–Crippen LogP) is 1.62. The van der Waals surface area contributed by atoms with Crippen LogP contribution in [0, 0.1) is 13.8 Å². The van der Waals surface area contributed by atoms with Crippen molar-refractivity contribution in [3.8, 4) is 5.75 Å². The summed E-state index contributed by atoms with van der Waals surface area (Å²) >= 11 is 0. The van der Waals surface area contributed by atoms with E-state index in [1.165, 1.54) is 4.90 Å². The van der Waals surface area contributed by atoms with Crippen LogP contribution in [0.5, 0.6) is 5.75 Å². The van der Waals surface area contributed by atoms with Gasteiger partial charge in [-0.1, -0.05) is 17.3 Å². The van der Waals surface area contributed by atoms with Gasteiger partial charge in [0, 0.05) is 26.2 Å². The lowest BCUT2D eigenvalue weighted by Gasteiger charge is -2.15. The molecule has 0 aliphatic heterocycles. The maximum absolute atomic E-state index is 11.9. The van der Waals surface area contributed by atoms with Gasteiger partial charge in [-0.3, -0.25) is 4.79 Å². The summed E-state index contributed by atoms with van der Waals surface area (Å²) in [5, 5.41) is 10.3. The lowest BCUT2D eigenvalue weighted by molar-refractivity contribution is -0.127. The summed E-state index contributed by atoms with van der Waals surface area (Å²) in [6.45, 7) is 4.89. The number of aryl methyl sites for hydroxylation is 2. The van der Waals surface area contributed by atoms with E-state index in [4.69, 9.17) is 9.26 Å². The summed E-state index contributed by atoms with van der Waals surface area (Å²) in [5.74, 6) is 2.07. The molecule has 1 aromatic carbocycles. The van der Waals surface area contributed by atoms with E-state index < -0.39 is 0 Å². The van der Waals surface area contributed by atoms with Gasteiger partial charge >= 0.3 is 0 Å². The number of benzene rings is 1. The first-order chi connectivity index (χ1) is 12.9. The second-order valence-corrected chi connectivity index (χ2v) is 6.31. The van der Waals surface area contributed by atoms with Crippen molar-refractivity contribution >= 4 is 11.9 Å². The number of aromatic nitrogens is 1. The Hall–Kier alpha value is -3.03. The topological polar surface area (TPSA) is 92.0 Å². The third-order valence-electron chi connectivity index (χ3n) is 4.10. The Labute approximate surface area is 159 Å². The van der Waals surface area contributed by atoms with E-state index in [1.807, 2.05) is 38.1 Å². The van der Waals surface area contributed by atoms with Crippen LogP contribution in [-0.2, 0) is 17.9 Å². The molecule has 0 spiro atoms. The highest BCUT2D eigenvalue weighted by molar-refractivity contribution is 5.86. The molecule has 1 amide bonds. The zero-order valence-electron chi connectivity index (χ0n) is 16.5. The molecule has 8 nitrogen and oxygen atoms in total. The lowest BCUT2D eigenvalue weighted by atomic mass is 10.2. The largest absolute Gasteiger partial charge is 0.497 e. The molecule has 0 bridgehead atoms. The second-order valence-electron chi connectivity index (χ2n) is 6.31. The van der Waals surface area contributed by atoms with E-state index in [-0.39, 0.29) is 12.5 Å². The molecule has 0 radical (unpaired) electrons. The molecule has 2 rings (SSSR count). The highest BCUT2D eigenvalue weighted by Crippen LogP contribution is 2.13. The number of guanidine groups is 1. The smallest absolute Gasteiger partial charge is 0.241 e. The molecule has 0 fully saturated rings. The molecule has 0 unspecified atom stereocenters. The van der Waals surface area contributed by atoms with Gasteiger partial charge in [0.25, 0.3) is 0 Å². The van der Waals surface area contributed by atoms with Gasteiger partial charge in [-0.05, 0) is 31.5 Å². The molecular weight excluding hydrogens is 346 g/mol. The summed E-state index contributed by atoms with van der Waals surface area (Å²) in [6.07, 6.45) is 0. The molecule has 0 saturated carbocycles. The van der Waals surface area contributed by atoms with Crippen molar-refractivity contribution in [3.05, 3.63) is 46.8 Å². The first kappa shape index (κ1) is 20.3. The minimum Gasteiger partial charge on any atom is -0.497 e. The van der Waals surface area contributed by atoms with Crippen LogP contribution in [-0.4, -0.2) is 49.7 Å². The Kier molecular flexibility index (Phi) is 7.22. The van der Waals surface area contributed by atoms with E-state index in [0.29, 0.717) is 19.0 Å². The molecule has 27 heavy (non-hydrogen) atoms. The number of nitrogens with one attached hydrogen (secondary N) is 2. The number of rotatable bonds is 7. The van der Waals surface area contributed by atoms with Gasteiger partial charge in [-0.2, -0.15) is 0 Å². The number of ether oxygens (including phenoxy) is 1. The zero-order chi connectivity index (χ0) is 19.8. The number of carbonyl (C=O) groups is 1. The lowest BCUT2D eigenvalue weighted by Crippen LogP contribution is -2.42. The van der Waals surface area contributed by atoms with E-state index in [0.717, 1.165) is 28.3 Å². The average molecular weight is 373 g/mol. The highest BCUT2D eigenvalue weighted by Gasteiger charge is 2.11. The number of aliphatic imine (C=N–C) groups is 1. The van der Waals surface area contributed by atoms with Crippen LogP contribution in [0.2, 0.25) is 0 Å². The van der Waals surface area contributed by atoms with Gasteiger partial charge in [-0.25, -0.2) is 4.99 Å². The van der Waals surface area contributed by atoms with Crippen molar-refractivity contribution < 1.29 is 14.1 Å². The Morgan fingerprint density at radius 1 is 1.22 bits per heavy atom. The normalized spacial score (nSPS) is 11.2. The molecule has 8 heteroatoms. The number of hydrogen-bond acceptors (Lipinski definition) is 5. The first-order valence-corrected chi connectivity index (χ1v) is 8.67. The standard InChI is InChI=1S/C19H27N5O3/c1-13-17(14(2)27-23-13)11-21-19(22-12-18(25)24(3)4)20-10-15-6-8-16(26-5)9-7-15/h6-9H,10-12H2,1-5H3,(H2,20,21,22). The van der Waals surface area contributed by atoms with E-state index in [1.54, 1.807) is 21.2 Å². The molecule has 2 N–H and O–H groups in total. The minimum absolute atomic E-state index is 0.0358. The highest BCUT2D eigenvalue weighted by atomic mass is 16.5. The van der Waals surface area contributed by atoms with Gasteiger partial charge in [-0.15, -0.1) is 0 Å². The second kappa shape index (κ2) is 9.61. The Balaban J connectivity index is 2.06. The number of hydrogen-bond donors (Lipinski definition) is 2. The molecule has 1 heterocycles. The number of methoxy groups -OCH3 is 1. The summed E-state index contributed by atoms with van der Waals surface area (Å²) in [4.78, 5) is 18.0. The molecule has 0 aliphatic carbocycles. The van der Waals surface area contributed by atoms with E-state index >= 15 is 0 Å². The van der Waals surface area contributed by atoms with Crippen LogP contribution in [0.1, 0.15) is 22.6 Å². The molecule has 1 aromatic heterocycles. The minimum atomic E-state index is -0.0358. The Morgan fingerprint density at radius 3 is 2.48 bits per heavy atom. The summed E-state index contributed by atoms with van der Waals surface area (Å²) in [5.41, 5.74) is 2.85. The number of carbonyl (C=O) groups excluding carboxylic acids is 1. The van der Waals surface area contributed by atoms with Crippen LogP contribution in [0.3, 0.4) is 0 Å². The van der Waals surface area contributed by atoms with Gasteiger partial charge in [0.15, 0.2) is 5.96 Å². The van der Waals surface area contributed by atoms with Crippen molar-refractivity contribution in [2.24, 2.45) is 4.99 Å². The summed E-state index contributed by atoms with van der Waals surface area (Å²) < 4.78 is 10.4. The van der Waals surface area contributed by atoms with Crippen molar-refractivity contribution in [3.63, 3.8) is 0 Å². The van der Waals surface area contributed by atoms with Gasteiger partial charge < -0.3 is 24.8 Å². The van der Waals surface area contributed by atoms with Crippen LogP contribution in [0.15, 0.2) is 33.8 Å². The predicted molar refractivity (Wildman–Crippen MR) is 104 cm³/mol. The summed E-state index contributed by atoms with van der Waals surface area (Å²) in [6, 6.07) is 7.70. The fourth-order valence-electron chi connectivity index (χ4n) is 2.32. The Morgan fingerprint density at radius 2 is 1.93 bits per heavy atom. The molecular formula is C19H27N5O3. The van der Waals surface area contributed by atoms with Crippen molar-refractivity contribution in [1.29, 1.82) is 0 Å². The van der Waals surface area contributed by atoms with Crippen molar-refractivity contribution in [2.45, 2.75) is 26.9 Å². The van der Waals surface area contributed by atoms with Crippen LogP contribution in [0.4, 0.5) is 0 Å². The monoisotopic (exact) mass is 373 g/mol. The first-order valence-electron chi connectivity index (χ1n) is 8.67. The molecule has 2 aromatic rings. The Bertz CT molecular complexity index is 762. The number of nitrogens with zero attached hydrogens (tertiary/aromatic N) is 3. The number of amides is 1. The molecule has 146 valence electrons. The fourth-order valence-corrected chi connectivity index (χ4v) is 2.32. The zero-order valence-corrected chi connectivity index (χ0v) is 16.5. The van der Waals surface area contributed by atoms with Crippen molar-refractivity contribution in [1.82, 2.24) is 20.7 Å². The number of likely N-dealkylation sites (N-methyl/N-ethyl adjacent to an activating group) is 1. The maximum atomic E-state index is 11.9.